The Morgan fingerprint density at radius 1 is 0.879 bits per heavy atom. The van der Waals surface area contributed by atoms with E-state index in [1.165, 1.54) is 11.3 Å². The molecule has 0 aliphatic rings. The second-order valence-electron chi connectivity index (χ2n) is 7.36. The number of fused-ring (bicyclic) bond motifs is 1. The highest BCUT2D eigenvalue weighted by atomic mass is 35.5. The van der Waals surface area contributed by atoms with Crippen LogP contribution in [-0.2, 0) is 6.61 Å². The van der Waals surface area contributed by atoms with Gasteiger partial charge in [0.05, 0.1) is 5.69 Å². The maximum atomic E-state index is 6.31. The monoisotopic (exact) mass is 488 g/mol. The van der Waals surface area contributed by atoms with Crippen LogP contribution in [0.15, 0.2) is 95.3 Å². The molecule has 0 N–H and O–H groups in total. The molecular weight excluding hydrogens is 471 g/mol. The number of rotatable bonds is 6. The predicted octanol–water partition coefficient (Wildman–Crippen LogP) is 8.60. The Balaban J connectivity index is 1.46. The summed E-state index contributed by atoms with van der Waals surface area (Å²) in [5.41, 5.74) is 3.72. The van der Waals surface area contributed by atoms with Crippen LogP contribution in [0.4, 0.5) is 5.13 Å². The number of aliphatic imine (C=N–C) groups is 1. The van der Waals surface area contributed by atoms with Crippen molar-refractivity contribution in [2.45, 2.75) is 6.61 Å². The molecule has 0 amide bonds. The molecule has 0 saturated heterocycles. The van der Waals surface area contributed by atoms with Gasteiger partial charge < -0.3 is 4.74 Å². The van der Waals surface area contributed by atoms with E-state index in [4.69, 9.17) is 27.9 Å². The first kappa shape index (κ1) is 21.7. The van der Waals surface area contributed by atoms with E-state index in [2.05, 4.69) is 28.2 Å². The van der Waals surface area contributed by atoms with Crippen LogP contribution >= 0.6 is 34.5 Å². The summed E-state index contributed by atoms with van der Waals surface area (Å²) in [4.78, 5) is 9.33. The molecule has 162 valence electrons. The van der Waals surface area contributed by atoms with Crippen LogP contribution in [0.2, 0.25) is 10.0 Å². The molecule has 0 bridgehead atoms. The normalized spacial score (nSPS) is 11.3. The van der Waals surface area contributed by atoms with Crippen molar-refractivity contribution < 1.29 is 4.74 Å². The van der Waals surface area contributed by atoms with Gasteiger partial charge in [-0.15, -0.1) is 11.3 Å². The van der Waals surface area contributed by atoms with E-state index in [0.717, 1.165) is 38.9 Å². The fourth-order valence-corrected chi connectivity index (χ4v) is 4.49. The molecule has 0 atom stereocenters. The van der Waals surface area contributed by atoms with Crippen LogP contribution in [0.5, 0.6) is 5.75 Å². The Labute approximate surface area is 205 Å². The maximum Gasteiger partial charge on any atom is 0.209 e. The summed E-state index contributed by atoms with van der Waals surface area (Å²) in [6.45, 7) is 0.372. The van der Waals surface area contributed by atoms with Crippen molar-refractivity contribution in [3.05, 3.63) is 111 Å². The molecule has 0 aliphatic carbocycles. The molecule has 6 heteroatoms. The van der Waals surface area contributed by atoms with Crippen molar-refractivity contribution in [2.24, 2.45) is 4.99 Å². The van der Waals surface area contributed by atoms with E-state index >= 15 is 0 Å². The van der Waals surface area contributed by atoms with Gasteiger partial charge in [-0.3, -0.25) is 0 Å². The molecule has 3 nitrogen and oxygen atoms in total. The third-order valence-corrected chi connectivity index (χ3v) is 6.58. The average molecular weight is 489 g/mol. The lowest BCUT2D eigenvalue weighted by atomic mass is 10.0. The highest BCUT2D eigenvalue weighted by Crippen LogP contribution is 2.31. The number of thiazole rings is 1. The molecule has 0 aliphatic heterocycles. The first-order valence-corrected chi connectivity index (χ1v) is 11.9. The summed E-state index contributed by atoms with van der Waals surface area (Å²) in [5.74, 6) is 0.742. The number of aromatic nitrogens is 1. The van der Waals surface area contributed by atoms with Crippen LogP contribution in [0, 0.1) is 0 Å². The SMILES string of the molecule is Clc1ccc(-c2csc(N=Cc3c(OCc4ccccc4Cl)ccc4ccccc34)n2)cc1. The lowest BCUT2D eigenvalue weighted by molar-refractivity contribution is 0.306. The number of benzene rings is 4. The zero-order chi connectivity index (χ0) is 22.6. The van der Waals surface area contributed by atoms with E-state index in [1.807, 2.05) is 78.3 Å². The summed E-state index contributed by atoms with van der Waals surface area (Å²) in [6, 6.07) is 27.5. The van der Waals surface area contributed by atoms with Crippen molar-refractivity contribution in [3.63, 3.8) is 0 Å². The summed E-state index contributed by atoms with van der Waals surface area (Å²) >= 11 is 13.8. The second-order valence-corrected chi connectivity index (χ2v) is 9.04. The van der Waals surface area contributed by atoms with Crippen molar-refractivity contribution in [2.75, 3.05) is 0 Å². The average Bonchev–Trinajstić information content (AvgIpc) is 3.32. The van der Waals surface area contributed by atoms with Crippen LogP contribution in [-0.4, -0.2) is 11.2 Å². The van der Waals surface area contributed by atoms with Gasteiger partial charge in [0.2, 0.25) is 5.13 Å². The predicted molar refractivity (Wildman–Crippen MR) is 140 cm³/mol. The number of ether oxygens (including phenoxy) is 1. The minimum absolute atomic E-state index is 0.372. The molecule has 4 aromatic carbocycles. The van der Waals surface area contributed by atoms with E-state index in [9.17, 15) is 0 Å². The number of halogens is 2. The zero-order valence-electron chi connectivity index (χ0n) is 17.4. The molecule has 33 heavy (non-hydrogen) atoms. The number of hydrogen-bond donors (Lipinski definition) is 0. The first-order chi connectivity index (χ1) is 16.2. The van der Waals surface area contributed by atoms with Gasteiger partial charge in [-0.05, 0) is 35.0 Å². The molecule has 0 spiro atoms. The highest BCUT2D eigenvalue weighted by molar-refractivity contribution is 7.13. The maximum absolute atomic E-state index is 6.31. The highest BCUT2D eigenvalue weighted by Gasteiger charge is 2.10. The first-order valence-electron chi connectivity index (χ1n) is 10.3. The van der Waals surface area contributed by atoms with E-state index in [-0.39, 0.29) is 0 Å². The van der Waals surface area contributed by atoms with Crippen molar-refractivity contribution in [1.82, 2.24) is 4.98 Å². The zero-order valence-corrected chi connectivity index (χ0v) is 19.7. The lowest BCUT2D eigenvalue weighted by Gasteiger charge is -2.12. The third-order valence-electron chi connectivity index (χ3n) is 5.21. The molecule has 0 unspecified atom stereocenters. The largest absolute Gasteiger partial charge is 0.488 e. The number of hydrogen-bond acceptors (Lipinski definition) is 4. The molecule has 1 heterocycles. The minimum Gasteiger partial charge on any atom is -0.488 e. The standard InChI is InChI=1S/C27H18Cl2N2OS/c28-21-12-9-19(10-13-21)25-17-33-27(31-25)30-15-23-22-7-3-1-5-18(22)11-14-26(23)32-16-20-6-2-4-8-24(20)29/h1-15,17H,16H2. The van der Waals surface area contributed by atoms with Gasteiger partial charge in [0.25, 0.3) is 0 Å². The van der Waals surface area contributed by atoms with Crippen LogP contribution in [0.25, 0.3) is 22.0 Å². The van der Waals surface area contributed by atoms with Gasteiger partial charge in [0.15, 0.2) is 0 Å². The van der Waals surface area contributed by atoms with Gasteiger partial charge in [0.1, 0.15) is 12.4 Å². The summed E-state index contributed by atoms with van der Waals surface area (Å²) in [5, 5.41) is 6.23. The summed E-state index contributed by atoms with van der Waals surface area (Å²) < 4.78 is 6.18. The molecule has 0 fully saturated rings. The molecule has 0 saturated carbocycles. The van der Waals surface area contributed by atoms with Gasteiger partial charge in [0, 0.05) is 38.3 Å². The van der Waals surface area contributed by atoms with Crippen LogP contribution < -0.4 is 4.74 Å². The van der Waals surface area contributed by atoms with Crippen molar-refractivity contribution in [1.29, 1.82) is 0 Å². The van der Waals surface area contributed by atoms with Crippen molar-refractivity contribution >= 4 is 56.7 Å². The molecule has 1 aromatic heterocycles. The van der Waals surface area contributed by atoms with E-state index in [1.54, 1.807) is 0 Å². The Hall–Kier alpha value is -3.18. The lowest BCUT2D eigenvalue weighted by Crippen LogP contribution is -1.99. The fraction of sp³-hybridized carbons (Fsp3) is 0.0370. The smallest absolute Gasteiger partial charge is 0.209 e. The third kappa shape index (κ3) is 4.93. The number of nitrogens with zero attached hydrogens (tertiary/aromatic N) is 2. The fourth-order valence-electron chi connectivity index (χ4n) is 3.50. The minimum atomic E-state index is 0.372. The second kappa shape index (κ2) is 9.75. The van der Waals surface area contributed by atoms with Gasteiger partial charge in [-0.1, -0.05) is 83.9 Å². The van der Waals surface area contributed by atoms with E-state index < -0.39 is 0 Å². The topological polar surface area (TPSA) is 34.5 Å². The Morgan fingerprint density at radius 2 is 1.67 bits per heavy atom. The van der Waals surface area contributed by atoms with E-state index in [0.29, 0.717) is 21.8 Å². The Kier molecular flexibility index (Phi) is 6.40. The molecule has 5 rings (SSSR count). The van der Waals surface area contributed by atoms with Gasteiger partial charge >= 0.3 is 0 Å². The van der Waals surface area contributed by atoms with Crippen LogP contribution in [0.1, 0.15) is 11.1 Å². The Bertz CT molecular complexity index is 1440. The quantitative estimate of drug-likeness (QED) is 0.224. The Morgan fingerprint density at radius 3 is 2.52 bits per heavy atom. The van der Waals surface area contributed by atoms with Crippen LogP contribution in [0.3, 0.4) is 0 Å². The summed E-state index contributed by atoms with van der Waals surface area (Å²) in [6.07, 6.45) is 1.83. The molecular formula is C27H18Cl2N2OS. The van der Waals surface area contributed by atoms with Crippen molar-refractivity contribution in [3.8, 4) is 17.0 Å². The van der Waals surface area contributed by atoms with Gasteiger partial charge in [-0.25, -0.2) is 9.98 Å². The van der Waals surface area contributed by atoms with Gasteiger partial charge in [-0.2, -0.15) is 0 Å². The molecule has 5 aromatic rings. The molecule has 0 radical (unpaired) electrons. The summed E-state index contributed by atoms with van der Waals surface area (Å²) in [7, 11) is 0.